The van der Waals surface area contributed by atoms with Crippen molar-refractivity contribution < 1.29 is 27.4 Å². The maximum absolute atomic E-state index is 13.0. The van der Waals surface area contributed by atoms with Gasteiger partial charge >= 0.3 is 6.18 Å². The van der Waals surface area contributed by atoms with Gasteiger partial charge in [-0.2, -0.15) is 13.2 Å². The van der Waals surface area contributed by atoms with E-state index in [1.165, 1.54) is 7.11 Å². The summed E-state index contributed by atoms with van der Waals surface area (Å²) in [4.78, 5) is 11.7. The van der Waals surface area contributed by atoms with E-state index in [0.29, 0.717) is 11.8 Å². The zero-order chi connectivity index (χ0) is 17.2. The first kappa shape index (κ1) is 18.2. The first-order chi connectivity index (χ1) is 10.8. The third-order valence-electron chi connectivity index (χ3n) is 3.09. The van der Waals surface area contributed by atoms with Crippen LogP contribution in [0.15, 0.2) is 11.0 Å². The molecule has 0 spiro atoms. The Morgan fingerprint density at radius 3 is 2.83 bits per heavy atom. The summed E-state index contributed by atoms with van der Waals surface area (Å²) in [6.45, 7) is 0.350. The molecular weight excluding hydrogens is 357 g/mol. The van der Waals surface area contributed by atoms with Crippen LogP contribution in [0.4, 0.5) is 18.9 Å². The molecule has 2 rings (SSSR count). The topological polar surface area (TPSA) is 73.6 Å². The van der Waals surface area contributed by atoms with E-state index in [4.69, 9.17) is 26.8 Å². The third-order valence-corrected chi connectivity index (χ3v) is 4.86. The van der Waals surface area contributed by atoms with Crippen LogP contribution in [-0.4, -0.2) is 38.2 Å². The number of fused-ring (bicyclic) bond motifs is 1. The van der Waals surface area contributed by atoms with Gasteiger partial charge in [-0.15, -0.1) is 11.8 Å². The van der Waals surface area contributed by atoms with Gasteiger partial charge in [0.05, 0.1) is 39.4 Å². The normalized spacial score (nSPS) is 17.5. The second kappa shape index (κ2) is 7.16. The van der Waals surface area contributed by atoms with Crippen molar-refractivity contribution in [1.82, 2.24) is 0 Å². The minimum atomic E-state index is -4.67. The quantitative estimate of drug-likeness (QED) is 0.615. The number of hydrogen-bond donors (Lipinski definition) is 2. The molecule has 1 aliphatic rings. The molecule has 23 heavy (non-hydrogen) atoms. The Bertz CT molecular complexity index is 613. The molecule has 5 nitrogen and oxygen atoms in total. The number of ether oxygens (including phenoxy) is 2. The standard InChI is InChI=1S/C13H14ClF3N2O3S/c1-21-5-22-3-6-4-23-11-9(14)8(13(15,16)17)2-7(12(18)20)10(11)19-6/h2,6,19H,3-5H2,1H3,(H2,18,20)/t6-/m0/s1. The van der Waals surface area contributed by atoms with Gasteiger partial charge in [-0.1, -0.05) is 11.6 Å². The van der Waals surface area contributed by atoms with E-state index in [2.05, 4.69) is 5.32 Å². The fraction of sp³-hybridized carbons (Fsp3) is 0.462. The molecule has 10 heteroatoms. The highest BCUT2D eigenvalue weighted by molar-refractivity contribution is 7.99. The van der Waals surface area contributed by atoms with Gasteiger partial charge in [-0.05, 0) is 6.07 Å². The first-order valence-electron chi connectivity index (χ1n) is 6.45. The van der Waals surface area contributed by atoms with Gasteiger partial charge in [0.15, 0.2) is 0 Å². The molecule has 1 aliphatic heterocycles. The van der Waals surface area contributed by atoms with Crippen LogP contribution in [0.5, 0.6) is 0 Å². The minimum Gasteiger partial charge on any atom is -0.378 e. The number of primary amides is 1. The number of nitrogens with one attached hydrogen (secondary N) is 1. The lowest BCUT2D eigenvalue weighted by atomic mass is 10.1. The number of alkyl halides is 3. The average molecular weight is 371 g/mol. The SMILES string of the molecule is COCOC[C@H]1CSc2c(Cl)c(C(F)(F)F)cc(C(N)=O)c2N1. The first-order valence-corrected chi connectivity index (χ1v) is 7.81. The predicted octanol–water partition coefficient (Wildman–Crippen LogP) is 2.96. The smallest absolute Gasteiger partial charge is 0.378 e. The summed E-state index contributed by atoms with van der Waals surface area (Å²) in [7, 11) is 1.47. The fourth-order valence-corrected chi connectivity index (χ4v) is 3.62. The highest BCUT2D eigenvalue weighted by atomic mass is 35.5. The van der Waals surface area contributed by atoms with Gasteiger partial charge < -0.3 is 20.5 Å². The van der Waals surface area contributed by atoms with E-state index in [1.807, 2.05) is 0 Å². The van der Waals surface area contributed by atoms with Gasteiger partial charge in [0, 0.05) is 12.9 Å². The molecule has 1 heterocycles. The molecule has 0 fully saturated rings. The van der Waals surface area contributed by atoms with E-state index in [-0.39, 0.29) is 35.6 Å². The molecule has 0 unspecified atom stereocenters. The van der Waals surface area contributed by atoms with Crippen molar-refractivity contribution in [3.05, 3.63) is 22.2 Å². The second-order valence-electron chi connectivity index (χ2n) is 4.78. The summed E-state index contributed by atoms with van der Waals surface area (Å²) in [6, 6.07) is 0.462. The maximum Gasteiger partial charge on any atom is 0.417 e. The molecule has 0 aromatic heterocycles. The molecule has 1 aromatic rings. The van der Waals surface area contributed by atoms with E-state index in [9.17, 15) is 18.0 Å². The van der Waals surface area contributed by atoms with Crippen LogP contribution >= 0.6 is 23.4 Å². The number of benzene rings is 1. The summed E-state index contributed by atoms with van der Waals surface area (Å²) < 4.78 is 49.1. The molecule has 0 aliphatic carbocycles. The van der Waals surface area contributed by atoms with Crippen LogP contribution in [0.2, 0.25) is 5.02 Å². The highest BCUT2D eigenvalue weighted by Crippen LogP contribution is 2.47. The number of amides is 1. The lowest BCUT2D eigenvalue weighted by molar-refractivity contribution is -0.137. The lowest BCUT2D eigenvalue weighted by Crippen LogP contribution is -2.33. The van der Waals surface area contributed by atoms with Gasteiger partial charge in [-0.25, -0.2) is 0 Å². The summed E-state index contributed by atoms with van der Waals surface area (Å²) in [5, 5.41) is 2.53. The van der Waals surface area contributed by atoms with Crippen molar-refractivity contribution in [1.29, 1.82) is 0 Å². The van der Waals surface area contributed by atoms with Crippen molar-refractivity contribution in [2.45, 2.75) is 17.1 Å². The molecule has 1 aromatic carbocycles. The Morgan fingerprint density at radius 2 is 2.26 bits per heavy atom. The van der Waals surface area contributed by atoms with Gasteiger partial charge in [0.1, 0.15) is 6.79 Å². The fourth-order valence-electron chi connectivity index (χ4n) is 2.11. The monoisotopic (exact) mass is 370 g/mol. The van der Waals surface area contributed by atoms with Crippen LogP contribution in [0.3, 0.4) is 0 Å². The van der Waals surface area contributed by atoms with Gasteiger partial charge in [0.2, 0.25) is 0 Å². The molecule has 0 saturated carbocycles. The number of methoxy groups -OCH3 is 1. The summed E-state index contributed by atoms with van der Waals surface area (Å²) in [5.41, 5.74) is 4.10. The van der Waals surface area contributed by atoms with Crippen molar-refractivity contribution >= 4 is 35.0 Å². The molecule has 128 valence electrons. The maximum atomic E-state index is 13.0. The van der Waals surface area contributed by atoms with Crippen LogP contribution in [0.1, 0.15) is 15.9 Å². The van der Waals surface area contributed by atoms with E-state index in [1.54, 1.807) is 0 Å². The number of hydrogen-bond acceptors (Lipinski definition) is 5. The van der Waals surface area contributed by atoms with Crippen LogP contribution in [0, 0.1) is 0 Å². The molecule has 0 radical (unpaired) electrons. The van der Waals surface area contributed by atoms with E-state index >= 15 is 0 Å². The lowest BCUT2D eigenvalue weighted by Gasteiger charge is -2.29. The number of anilines is 1. The number of halogens is 4. The molecule has 1 amide bonds. The van der Waals surface area contributed by atoms with Crippen molar-refractivity contribution in [3.8, 4) is 0 Å². The minimum absolute atomic E-state index is 0.0894. The summed E-state index contributed by atoms with van der Waals surface area (Å²) in [5.74, 6) is -0.536. The number of thioether (sulfide) groups is 1. The second-order valence-corrected chi connectivity index (χ2v) is 6.19. The van der Waals surface area contributed by atoms with Crippen LogP contribution < -0.4 is 11.1 Å². The Balaban J connectivity index is 2.39. The van der Waals surface area contributed by atoms with Crippen molar-refractivity contribution in [2.24, 2.45) is 5.73 Å². The molecule has 0 bridgehead atoms. The summed E-state index contributed by atoms with van der Waals surface area (Å²) in [6.07, 6.45) is -4.67. The average Bonchev–Trinajstić information content (AvgIpc) is 2.46. The van der Waals surface area contributed by atoms with Crippen molar-refractivity contribution in [2.75, 3.05) is 31.6 Å². The Kier molecular flexibility index (Phi) is 5.66. The zero-order valence-electron chi connectivity index (χ0n) is 12.0. The zero-order valence-corrected chi connectivity index (χ0v) is 13.6. The summed E-state index contributed by atoms with van der Waals surface area (Å²) >= 11 is 7.00. The Labute approximate surface area is 139 Å². The van der Waals surface area contributed by atoms with Crippen LogP contribution in [0.25, 0.3) is 0 Å². The van der Waals surface area contributed by atoms with E-state index in [0.717, 1.165) is 11.8 Å². The predicted molar refractivity (Wildman–Crippen MR) is 80.9 cm³/mol. The van der Waals surface area contributed by atoms with Gasteiger partial charge in [-0.3, -0.25) is 4.79 Å². The molecule has 3 N–H and O–H groups in total. The largest absolute Gasteiger partial charge is 0.417 e. The third kappa shape index (κ3) is 4.03. The molecule has 1 atom stereocenters. The Morgan fingerprint density at radius 1 is 1.57 bits per heavy atom. The number of carbonyl (C=O) groups excluding carboxylic acids is 1. The van der Waals surface area contributed by atoms with Crippen molar-refractivity contribution in [3.63, 3.8) is 0 Å². The number of carbonyl (C=O) groups is 1. The van der Waals surface area contributed by atoms with E-state index < -0.39 is 22.7 Å². The highest BCUT2D eigenvalue weighted by Gasteiger charge is 2.38. The molecular formula is C13H14ClF3N2O3S. The number of nitrogens with two attached hydrogens (primary N) is 1. The Hall–Kier alpha value is -1.16. The number of rotatable bonds is 5. The van der Waals surface area contributed by atoms with Crippen LogP contribution in [-0.2, 0) is 15.7 Å². The molecule has 0 saturated heterocycles. The van der Waals surface area contributed by atoms with Gasteiger partial charge in [0.25, 0.3) is 5.91 Å².